The maximum absolute atomic E-state index is 12.2. The van der Waals surface area contributed by atoms with Crippen molar-refractivity contribution >= 4 is 29.5 Å². The van der Waals surface area contributed by atoms with Crippen LogP contribution in [0.25, 0.3) is 0 Å². The van der Waals surface area contributed by atoms with Gasteiger partial charge in [-0.1, -0.05) is 42.1 Å². The zero-order chi connectivity index (χ0) is 22.3. The molecule has 160 valence electrons. The first kappa shape index (κ1) is 23.4. The number of pyridine rings is 1. The van der Waals surface area contributed by atoms with E-state index in [0.29, 0.717) is 23.6 Å². The number of primary amides is 1. The lowest BCUT2D eigenvalue weighted by molar-refractivity contribution is -0.152. The van der Waals surface area contributed by atoms with E-state index in [1.54, 1.807) is 6.92 Å². The van der Waals surface area contributed by atoms with Gasteiger partial charge in [-0.15, -0.1) is 0 Å². The van der Waals surface area contributed by atoms with Crippen molar-refractivity contribution in [3.8, 4) is 0 Å². The minimum atomic E-state index is -0.918. The van der Waals surface area contributed by atoms with Crippen LogP contribution in [-0.2, 0) is 20.7 Å². The number of rotatable bonds is 9. The van der Waals surface area contributed by atoms with Gasteiger partial charge < -0.3 is 15.8 Å². The molecule has 0 bridgehead atoms. The van der Waals surface area contributed by atoms with Crippen LogP contribution in [0.5, 0.6) is 0 Å². The number of ether oxygens (including phenoxy) is 1. The van der Waals surface area contributed by atoms with Gasteiger partial charge in [0.1, 0.15) is 5.03 Å². The molecular weight excluding hydrogens is 402 g/mol. The summed E-state index contributed by atoms with van der Waals surface area (Å²) < 4.78 is 5.21. The zero-order valence-electron chi connectivity index (χ0n) is 17.7. The van der Waals surface area contributed by atoms with Crippen molar-refractivity contribution in [3.05, 3.63) is 58.3 Å². The van der Waals surface area contributed by atoms with Gasteiger partial charge in [0, 0.05) is 12.2 Å². The third kappa shape index (κ3) is 6.32. The van der Waals surface area contributed by atoms with Crippen LogP contribution in [0, 0.1) is 20.8 Å². The average molecular weight is 430 g/mol. The van der Waals surface area contributed by atoms with Gasteiger partial charge in [0.25, 0.3) is 11.8 Å². The number of hydrogen-bond acceptors (Lipinski definition) is 6. The number of esters is 1. The number of benzene rings is 1. The molecule has 0 radical (unpaired) electrons. The Morgan fingerprint density at radius 2 is 1.80 bits per heavy atom. The largest absolute Gasteiger partial charge is 0.452 e. The zero-order valence-corrected chi connectivity index (χ0v) is 18.5. The average Bonchev–Trinajstić information content (AvgIpc) is 2.70. The maximum Gasteiger partial charge on any atom is 0.317 e. The van der Waals surface area contributed by atoms with E-state index in [0.717, 1.165) is 34.1 Å². The van der Waals surface area contributed by atoms with E-state index in [4.69, 9.17) is 10.5 Å². The fourth-order valence-corrected chi connectivity index (χ4v) is 3.76. The molecular formula is C22H27N3O4S. The molecule has 2 amide bonds. The van der Waals surface area contributed by atoms with Crippen molar-refractivity contribution in [2.75, 3.05) is 12.3 Å². The summed E-state index contributed by atoms with van der Waals surface area (Å²) in [6.45, 7) is 7.47. The third-order valence-corrected chi connectivity index (χ3v) is 5.72. The minimum Gasteiger partial charge on any atom is -0.452 e. The quantitative estimate of drug-likeness (QED) is 0.468. The van der Waals surface area contributed by atoms with E-state index < -0.39 is 18.0 Å². The summed E-state index contributed by atoms with van der Waals surface area (Å²) in [6, 6.07) is 9.78. The summed E-state index contributed by atoms with van der Waals surface area (Å²) in [5, 5.41) is 3.15. The smallest absolute Gasteiger partial charge is 0.317 e. The molecule has 1 atom stereocenters. The van der Waals surface area contributed by atoms with E-state index in [1.807, 2.05) is 44.2 Å². The summed E-state index contributed by atoms with van der Waals surface area (Å²) in [5.74, 6) is -1.61. The Kier molecular flexibility index (Phi) is 8.41. The maximum atomic E-state index is 12.2. The number of aryl methyl sites for hydroxylation is 1. The van der Waals surface area contributed by atoms with Gasteiger partial charge in [-0.05, 0) is 50.8 Å². The first-order valence-corrected chi connectivity index (χ1v) is 10.6. The normalized spacial score (nSPS) is 11.6. The summed E-state index contributed by atoms with van der Waals surface area (Å²) in [7, 11) is 0. The second-order valence-electron chi connectivity index (χ2n) is 6.94. The molecule has 0 saturated heterocycles. The number of nitrogens with zero attached hydrogens (tertiary/aromatic N) is 1. The van der Waals surface area contributed by atoms with Gasteiger partial charge in [0.05, 0.1) is 11.3 Å². The molecule has 0 saturated carbocycles. The molecule has 0 fully saturated rings. The number of aromatic nitrogens is 1. The molecule has 1 aromatic heterocycles. The summed E-state index contributed by atoms with van der Waals surface area (Å²) in [5.41, 5.74) is 9.30. The number of carbonyl (C=O) groups excluding carboxylic acids is 3. The molecule has 7 nitrogen and oxygen atoms in total. The summed E-state index contributed by atoms with van der Waals surface area (Å²) in [6.07, 6.45) is -0.226. The minimum absolute atomic E-state index is 0.0865. The highest BCUT2D eigenvalue weighted by Crippen LogP contribution is 2.26. The van der Waals surface area contributed by atoms with E-state index in [2.05, 4.69) is 10.3 Å². The Morgan fingerprint density at radius 3 is 2.43 bits per heavy atom. The molecule has 30 heavy (non-hydrogen) atoms. The lowest BCUT2D eigenvalue weighted by atomic mass is 10.0. The van der Waals surface area contributed by atoms with Gasteiger partial charge >= 0.3 is 5.97 Å². The Labute approximate surface area is 180 Å². The summed E-state index contributed by atoms with van der Waals surface area (Å²) >= 11 is 1.07. The topological polar surface area (TPSA) is 111 Å². The fourth-order valence-electron chi connectivity index (χ4n) is 2.84. The van der Waals surface area contributed by atoms with Crippen LogP contribution >= 0.6 is 11.8 Å². The standard InChI is InChI=1S/C22H27N3O4S/c1-13-14(2)19(20(23)27)22(25-15(13)3)30-12-18(26)29-16(4)21(28)24-11-10-17-8-6-5-7-9-17/h5-9,16H,10-12H2,1-4H3,(H2,23,27)(H,24,28)/t16-/m1/s1. The fraction of sp³-hybridized carbons (Fsp3) is 0.364. The van der Waals surface area contributed by atoms with Crippen LogP contribution in [-0.4, -0.2) is 41.2 Å². The molecule has 8 heteroatoms. The predicted molar refractivity (Wildman–Crippen MR) is 116 cm³/mol. The lowest BCUT2D eigenvalue weighted by Crippen LogP contribution is -2.37. The molecule has 0 aliphatic carbocycles. The van der Waals surface area contributed by atoms with Crippen LogP contribution in [0.15, 0.2) is 35.4 Å². The molecule has 3 N–H and O–H groups in total. The van der Waals surface area contributed by atoms with Crippen molar-refractivity contribution in [2.24, 2.45) is 5.73 Å². The number of thioether (sulfide) groups is 1. The van der Waals surface area contributed by atoms with Crippen molar-refractivity contribution in [1.29, 1.82) is 0 Å². The van der Waals surface area contributed by atoms with E-state index >= 15 is 0 Å². The summed E-state index contributed by atoms with van der Waals surface area (Å²) in [4.78, 5) is 40.5. The van der Waals surface area contributed by atoms with E-state index in [-0.39, 0.29) is 11.7 Å². The number of nitrogens with two attached hydrogens (primary N) is 1. The number of carbonyl (C=O) groups is 3. The highest BCUT2D eigenvalue weighted by atomic mass is 32.2. The number of hydrogen-bond donors (Lipinski definition) is 2. The second kappa shape index (κ2) is 10.8. The molecule has 0 aliphatic rings. The van der Waals surface area contributed by atoms with Crippen LogP contribution in [0.3, 0.4) is 0 Å². The van der Waals surface area contributed by atoms with Gasteiger partial charge in [0.15, 0.2) is 6.10 Å². The molecule has 0 unspecified atom stereocenters. The van der Waals surface area contributed by atoms with Crippen molar-refractivity contribution in [1.82, 2.24) is 10.3 Å². The Bertz CT molecular complexity index is 932. The predicted octanol–water partition coefficient (Wildman–Crippen LogP) is 2.49. The molecule has 2 aromatic rings. The van der Waals surface area contributed by atoms with Crippen LogP contribution < -0.4 is 11.1 Å². The Morgan fingerprint density at radius 1 is 1.13 bits per heavy atom. The number of amides is 2. The van der Waals surface area contributed by atoms with Gasteiger partial charge in [-0.2, -0.15) is 0 Å². The molecule has 1 aromatic carbocycles. The van der Waals surface area contributed by atoms with Crippen molar-refractivity contribution in [2.45, 2.75) is 45.2 Å². The van der Waals surface area contributed by atoms with Gasteiger partial charge in [-0.3, -0.25) is 14.4 Å². The molecule has 0 aliphatic heterocycles. The van der Waals surface area contributed by atoms with Gasteiger partial charge in [0.2, 0.25) is 0 Å². The van der Waals surface area contributed by atoms with Crippen molar-refractivity contribution < 1.29 is 19.1 Å². The lowest BCUT2D eigenvalue weighted by Gasteiger charge is -2.15. The highest BCUT2D eigenvalue weighted by molar-refractivity contribution is 8.00. The Hall–Kier alpha value is -2.87. The van der Waals surface area contributed by atoms with Crippen molar-refractivity contribution in [3.63, 3.8) is 0 Å². The SMILES string of the molecule is Cc1nc(SCC(=O)O[C@H](C)C(=O)NCCc2ccccc2)c(C(N)=O)c(C)c1C. The van der Waals surface area contributed by atoms with E-state index in [1.165, 1.54) is 6.92 Å². The first-order valence-electron chi connectivity index (χ1n) is 9.62. The van der Waals surface area contributed by atoms with Crippen LogP contribution in [0.1, 0.15) is 39.7 Å². The number of nitrogens with one attached hydrogen (secondary N) is 1. The molecule has 2 rings (SSSR count). The molecule has 0 spiro atoms. The monoisotopic (exact) mass is 429 g/mol. The van der Waals surface area contributed by atoms with Crippen LogP contribution in [0.2, 0.25) is 0 Å². The molecule has 1 heterocycles. The third-order valence-electron chi connectivity index (χ3n) is 4.77. The van der Waals surface area contributed by atoms with Crippen LogP contribution in [0.4, 0.5) is 0 Å². The van der Waals surface area contributed by atoms with Gasteiger partial charge in [-0.25, -0.2) is 4.98 Å². The Balaban J connectivity index is 1.87. The first-order chi connectivity index (χ1) is 14.2. The highest BCUT2D eigenvalue weighted by Gasteiger charge is 2.21. The van der Waals surface area contributed by atoms with E-state index in [9.17, 15) is 14.4 Å². The second-order valence-corrected chi connectivity index (χ2v) is 7.90.